The van der Waals surface area contributed by atoms with Gasteiger partial charge < -0.3 is 14.8 Å². The number of carbonyl (C=O) groups is 1. The molecule has 0 saturated carbocycles. The van der Waals surface area contributed by atoms with Crippen molar-refractivity contribution in [2.45, 2.75) is 18.7 Å². The van der Waals surface area contributed by atoms with Crippen LogP contribution in [0, 0.1) is 0 Å². The van der Waals surface area contributed by atoms with Gasteiger partial charge in [0.15, 0.2) is 11.5 Å². The number of ether oxygens (including phenoxy) is 2. The molecule has 0 aromatic heterocycles. The van der Waals surface area contributed by atoms with E-state index in [9.17, 15) is 13.2 Å². The molecule has 0 atom stereocenters. The smallest absolute Gasteiger partial charge is 0.248 e. The van der Waals surface area contributed by atoms with E-state index in [1.807, 2.05) is 19.9 Å². The molecule has 0 spiro atoms. The highest BCUT2D eigenvalue weighted by Gasteiger charge is 2.17. The van der Waals surface area contributed by atoms with Crippen LogP contribution >= 0.6 is 0 Å². The zero-order valence-corrected chi connectivity index (χ0v) is 17.8. The Balaban J connectivity index is 2.13. The van der Waals surface area contributed by atoms with E-state index in [2.05, 4.69) is 5.32 Å². The van der Waals surface area contributed by atoms with Gasteiger partial charge in [0.1, 0.15) is 0 Å². The summed E-state index contributed by atoms with van der Waals surface area (Å²) >= 11 is 0. The van der Waals surface area contributed by atoms with Crippen LogP contribution in [0.2, 0.25) is 0 Å². The highest BCUT2D eigenvalue weighted by Crippen LogP contribution is 2.29. The van der Waals surface area contributed by atoms with Crippen LogP contribution in [0.3, 0.4) is 0 Å². The predicted octanol–water partition coefficient (Wildman–Crippen LogP) is 3.39. The highest BCUT2D eigenvalue weighted by atomic mass is 32.2. The summed E-state index contributed by atoms with van der Waals surface area (Å²) in [7, 11) is -0.661. The first kappa shape index (κ1) is 22.4. The third-order valence-electron chi connectivity index (χ3n) is 3.87. The Kier molecular flexibility index (Phi) is 7.81. The molecule has 7 nitrogen and oxygen atoms in total. The van der Waals surface area contributed by atoms with Crippen molar-refractivity contribution in [3.63, 3.8) is 0 Å². The first-order valence-corrected chi connectivity index (χ1v) is 10.6. The summed E-state index contributed by atoms with van der Waals surface area (Å²) in [4.78, 5) is 12.4. The number of nitrogens with one attached hydrogen (secondary N) is 1. The number of hydrogen-bond donors (Lipinski definition) is 1. The second kappa shape index (κ2) is 10.1. The summed E-state index contributed by atoms with van der Waals surface area (Å²) in [6.45, 7) is 4.81. The van der Waals surface area contributed by atoms with Crippen LogP contribution in [0.4, 0.5) is 5.69 Å². The molecular formula is C21H26N2O5S. The lowest BCUT2D eigenvalue weighted by atomic mass is 10.2. The molecule has 0 aliphatic rings. The molecule has 0 aliphatic heterocycles. The first-order valence-electron chi connectivity index (χ1n) is 9.19. The van der Waals surface area contributed by atoms with Crippen LogP contribution in [0.5, 0.6) is 11.5 Å². The van der Waals surface area contributed by atoms with E-state index in [-0.39, 0.29) is 10.8 Å². The molecule has 0 radical (unpaired) electrons. The van der Waals surface area contributed by atoms with E-state index in [0.717, 1.165) is 9.87 Å². The predicted molar refractivity (Wildman–Crippen MR) is 114 cm³/mol. The molecule has 156 valence electrons. The van der Waals surface area contributed by atoms with Gasteiger partial charge in [-0.3, -0.25) is 4.79 Å². The number of anilines is 1. The molecular weight excluding hydrogens is 392 g/mol. The zero-order valence-electron chi connectivity index (χ0n) is 17.0. The van der Waals surface area contributed by atoms with Crippen molar-refractivity contribution in [1.29, 1.82) is 0 Å². The van der Waals surface area contributed by atoms with Crippen LogP contribution in [-0.4, -0.2) is 45.9 Å². The molecule has 0 bridgehead atoms. The van der Waals surface area contributed by atoms with Crippen LogP contribution in [0.1, 0.15) is 19.4 Å². The minimum absolute atomic E-state index is 0.108. The number of hydrogen-bond acceptors (Lipinski definition) is 5. The monoisotopic (exact) mass is 418 g/mol. The van der Waals surface area contributed by atoms with Crippen molar-refractivity contribution in [2.24, 2.45) is 0 Å². The van der Waals surface area contributed by atoms with Crippen LogP contribution in [0.15, 0.2) is 53.4 Å². The molecule has 2 aromatic rings. The summed E-state index contributed by atoms with van der Waals surface area (Å²) in [5.74, 6) is 0.879. The molecule has 2 rings (SSSR count). The van der Waals surface area contributed by atoms with Gasteiger partial charge in [-0.1, -0.05) is 12.1 Å². The van der Waals surface area contributed by atoms with E-state index in [0.29, 0.717) is 30.4 Å². The molecule has 0 fully saturated rings. The van der Waals surface area contributed by atoms with Crippen molar-refractivity contribution >= 4 is 27.7 Å². The molecule has 2 aromatic carbocycles. The molecule has 0 aliphatic carbocycles. The Hall–Kier alpha value is -2.84. The lowest BCUT2D eigenvalue weighted by Gasteiger charge is -2.12. The van der Waals surface area contributed by atoms with Gasteiger partial charge in [0.25, 0.3) is 0 Å². The quantitative estimate of drug-likeness (QED) is 0.631. The maximum atomic E-state index is 12.2. The van der Waals surface area contributed by atoms with E-state index in [1.54, 1.807) is 30.3 Å². The molecule has 0 heterocycles. The van der Waals surface area contributed by atoms with Gasteiger partial charge in [0.2, 0.25) is 15.9 Å². The average Bonchev–Trinajstić information content (AvgIpc) is 2.68. The fraction of sp³-hybridized carbons (Fsp3) is 0.286. The normalized spacial score (nSPS) is 11.6. The van der Waals surface area contributed by atoms with Crippen LogP contribution < -0.4 is 14.8 Å². The number of carbonyl (C=O) groups excluding carboxylic acids is 1. The molecule has 1 amide bonds. The fourth-order valence-corrected chi connectivity index (χ4v) is 3.42. The van der Waals surface area contributed by atoms with Gasteiger partial charge in [0, 0.05) is 25.9 Å². The minimum Gasteiger partial charge on any atom is -0.490 e. The van der Waals surface area contributed by atoms with Gasteiger partial charge in [-0.2, -0.15) is 0 Å². The molecule has 29 heavy (non-hydrogen) atoms. The van der Waals surface area contributed by atoms with Crippen molar-refractivity contribution in [2.75, 3.05) is 32.6 Å². The summed E-state index contributed by atoms with van der Waals surface area (Å²) in [6.07, 6.45) is 3.02. The third kappa shape index (κ3) is 6.07. The summed E-state index contributed by atoms with van der Waals surface area (Å²) in [5.41, 5.74) is 1.17. The van der Waals surface area contributed by atoms with Crippen molar-refractivity contribution in [1.82, 2.24) is 4.31 Å². The van der Waals surface area contributed by atoms with E-state index >= 15 is 0 Å². The first-order chi connectivity index (χ1) is 13.8. The van der Waals surface area contributed by atoms with E-state index in [1.165, 1.54) is 32.3 Å². The maximum Gasteiger partial charge on any atom is 0.248 e. The number of nitrogens with zero attached hydrogens (tertiary/aromatic N) is 1. The standard InChI is InChI=1S/C21H26N2O5S/c1-5-27-19-12-10-16(14-20(19)28-6-2)11-13-21(24)22-17-8-7-9-18(15-17)29(25,26)23(3)4/h7-15H,5-6H2,1-4H3,(H,22,24)/b13-11+. The Morgan fingerprint density at radius 1 is 1.03 bits per heavy atom. The maximum absolute atomic E-state index is 12.2. The summed E-state index contributed by atoms with van der Waals surface area (Å²) in [6, 6.07) is 11.5. The van der Waals surface area contributed by atoms with Crippen LogP contribution in [-0.2, 0) is 14.8 Å². The second-order valence-electron chi connectivity index (χ2n) is 6.21. The Labute approximate surface area is 172 Å². The molecule has 8 heteroatoms. The lowest BCUT2D eigenvalue weighted by Crippen LogP contribution is -2.22. The number of rotatable bonds is 9. The minimum atomic E-state index is -3.57. The van der Waals surface area contributed by atoms with E-state index in [4.69, 9.17) is 9.47 Å². The third-order valence-corrected chi connectivity index (χ3v) is 5.69. The largest absolute Gasteiger partial charge is 0.490 e. The van der Waals surface area contributed by atoms with Gasteiger partial charge in [-0.25, -0.2) is 12.7 Å². The van der Waals surface area contributed by atoms with Crippen molar-refractivity contribution in [3.8, 4) is 11.5 Å². The van der Waals surface area contributed by atoms with Crippen molar-refractivity contribution in [3.05, 3.63) is 54.1 Å². The second-order valence-corrected chi connectivity index (χ2v) is 8.36. The van der Waals surface area contributed by atoms with Crippen molar-refractivity contribution < 1.29 is 22.7 Å². The number of benzene rings is 2. The summed E-state index contributed by atoms with van der Waals surface area (Å²) < 4.78 is 36.7. The van der Waals surface area contributed by atoms with Gasteiger partial charge in [-0.05, 0) is 55.8 Å². The number of sulfonamides is 1. The van der Waals surface area contributed by atoms with Gasteiger partial charge in [0.05, 0.1) is 18.1 Å². The highest BCUT2D eigenvalue weighted by molar-refractivity contribution is 7.89. The Morgan fingerprint density at radius 2 is 1.72 bits per heavy atom. The lowest BCUT2D eigenvalue weighted by molar-refractivity contribution is -0.111. The zero-order chi connectivity index (χ0) is 21.4. The molecule has 0 saturated heterocycles. The molecule has 0 unspecified atom stereocenters. The average molecular weight is 419 g/mol. The van der Waals surface area contributed by atoms with Crippen LogP contribution in [0.25, 0.3) is 6.08 Å². The molecule has 1 N–H and O–H groups in total. The van der Waals surface area contributed by atoms with Gasteiger partial charge in [-0.15, -0.1) is 0 Å². The number of amides is 1. The Bertz CT molecular complexity index is 984. The van der Waals surface area contributed by atoms with Gasteiger partial charge >= 0.3 is 0 Å². The Morgan fingerprint density at radius 3 is 2.38 bits per heavy atom. The summed E-state index contributed by atoms with van der Waals surface area (Å²) in [5, 5.41) is 2.67. The fourth-order valence-electron chi connectivity index (χ4n) is 2.47. The van der Waals surface area contributed by atoms with E-state index < -0.39 is 10.0 Å². The SMILES string of the molecule is CCOc1ccc(/C=C/C(=O)Nc2cccc(S(=O)(=O)N(C)C)c2)cc1OCC. The topological polar surface area (TPSA) is 84.9 Å².